The summed E-state index contributed by atoms with van der Waals surface area (Å²) < 4.78 is 10.9. The molecule has 174 valence electrons. The van der Waals surface area contributed by atoms with Crippen LogP contribution >= 0.6 is 11.6 Å². The molecule has 0 spiro atoms. The third kappa shape index (κ3) is 7.16. The van der Waals surface area contributed by atoms with E-state index in [2.05, 4.69) is 5.32 Å². The number of methoxy groups -OCH3 is 1. The Morgan fingerprint density at radius 3 is 2.28 bits per heavy atom. The van der Waals surface area contributed by atoms with Crippen molar-refractivity contribution < 1.29 is 19.1 Å². The number of rotatable bonds is 11. The monoisotopic (exact) mass is 460 g/mol. The van der Waals surface area contributed by atoms with Crippen molar-refractivity contribution in [3.8, 4) is 11.5 Å². The van der Waals surface area contributed by atoms with Gasteiger partial charge in [-0.25, -0.2) is 0 Å². The molecule has 0 saturated heterocycles. The van der Waals surface area contributed by atoms with E-state index < -0.39 is 6.04 Å². The summed E-state index contributed by atoms with van der Waals surface area (Å²) >= 11 is 6.07. The maximum Gasteiger partial charge on any atom is 0.261 e. The second kappa shape index (κ2) is 12.3. The minimum atomic E-state index is -0.603. The molecule has 7 heteroatoms. The number of nitrogens with one attached hydrogen (secondary N) is 1. The number of hydrogen-bond acceptors (Lipinski definition) is 4. The SMILES string of the molecule is CC[C@H](C)NC(=O)[C@H](CC)N(Cc1ccc(OC)cc1)C(=O)COc1ccc(Cl)c(C)c1. The summed E-state index contributed by atoms with van der Waals surface area (Å²) in [6.07, 6.45) is 1.30. The van der Waals surface area contributed by atoms with Gasteiger partial charge in [-0.3, -0.25) is 9.59 Å². The van der Waals surface area contributed by atoms with Crippen molar-refractivity contribution >= 4 is 23.4 Å². The lowest BCUT2D eigenvalue weighted by Gasteiger charge is -2.31. The number of aryl methyl sites for hydroxylation is 1. The molecule has 6 nitrogen and oxygen atoms in total. The lowest BCUT2D eigenvalue weighted by Crippen LogP contribution is -2.51. The first-order chi connectivity index (χ1) is 15.3. The molecule has 0 fully saturated rings. The Morgan fingerprint density at radius 1 is 1.06 bits per heavy atom. The van der Waals surface area contributed by atoms with Crippen molar-refractivity contribution in [3.05, 3.63) is 58.6 Å². The number of amides is 2. The highest BCUT2D eigenvalue weighted by Crippen LogP contribution is 2.22. The van der Waals surface area contributed by atoms with Gasteiger partial charge in [0.15, 0.2) is 6.61 Å². The Bertz CT molecular complexity index is 901. The van der Waals surface area contributed by atoms with E-state index in [4.69, 9.17) is 21.1 Å². The molecule has 0 saturated carbocycles. The molecule has 2 aromatic carbocycles. The Morgan fingerprint density at radius 2 is 1.72 bits per heavy atom. The predicted octanol–water partition coefficient (Wildman–Crippen LogP) is 4.76. The Kier molecular flexibility index (Phi) is 9.85. The summed E-state index contributed by atoms with van der Waals surface area (Å²) in [7, 11) is 1.60. The first-order valence-electron chi connectivity index (χ1n) is 10.9. The summed E-state index contributed by atoms with van der Waals surface area (Å²) in [5.41, 5.74) is 1.77. The summed E-state index contributed by atoms with van der Waals surface area (Å²) in [4.78, 5) is 27.8. The number of hydrogen-bond donors (Lipinski definition) is 1. The zero-order valence-electron chi connectivity index (χ0n) is 19.5. The zero-order chi connectivity index (χ0) is 23.7. The first-order valence-corrected chi connectivity index (χ1v) is 11.3. The second-order valence-corrected chi connectivity index (χ2v) is 8.22. The minimum absolute atomic E-state index is 0.0304. The normalized spacial score (nSPS) is 12.6. The predicted molar refractivity (Wildman–Crippen MR) is 127 cm³/mol. The molecule has 0 unspecified atom stereocenters. The smallest absolute Gasteiger partial charge is 0.261 e. The van der Waals surface area contributed by atoms with Crippen molar-refractivity contribution in [1.29, 1.82) is 0 Å². The van der Waals surface area contributed by atoms with Gasteiger partial charge in [-0.1, -0.05) is 37.6 Å². The summed E-state index contributed by atoms with van der Waals surface area (Å²) in [6.45, 7) is 7.85. The van der Waals surface area contributed by atoms with Crippen molar-refractivity contribution in [1.82, 2.24) is 10.2 Å². The van der Waals surface area contributed by atoms with Gasteiger partial charge >= 0.3 is 0 Å². The summed E-state index contributed by atoms with van der Waals surface area (Å²) in [6, 6.07) is 12.1. The van der Waals surface area contributed by atoms with Crippen molar-refractivity contribution in [3.63, 3.8) is 0 Å². The van der Waals surface area contributed by atoms with Crippen LogP contribution in [0.3, 0.4) is 0 Å². The third-order valence-electron chi connectivity index (χ3n) is 5.39. The van der Waals surface area contributed by atoms with Crippen LogP contribution in [0.5, 0.6) is 11.5 Å². The van der Waals surface area contributed by atoms with Crippen LogP contribution in [0.1, 0.15) is 44.7 Å². The molecular formula is C25H33ClN2O4. The van der Waals surface area contributed by atoms with Crippen LogP contribution < -0.4 is 14.8 Å². The first kappa shape index (κ1) is 25.5. The fraction of sp³-hybridized carbons (Fsp3) is 0.440. The maximum absolute atomic E-state index is 13.2. The number of halogens is 1. The molecule has 1 N–H and O–H groups in total. The van der Waals surface area contributed by atoms with Gasteiger partial charge in [0, 0.05) is 17.6 Å². The standard InChI is InChI=1S/C25H33ClN2O4/c1-6-18(4)27-25(30)23(7-2)28(15-19-8-10-20(31-5)11-9-19)24(29)16-32-21-12-13-22(26)17(3)14-21/h8-14,18,23H,6-7,15-16H2,1-5H3,(H,27,30)/t18-,23-/m0/s1. The van der Waals surface area contributed by atoms with E-state index in [9.17, 15) is 9.59 Å². The Balaban J connectivity index is 2.22. The van der Waals surface area contributed by atoms with Gasteiger partial charge in [0.05, 0.1) is 7.11 Å². The van der Waals surface area contributed by atoms with Crippen LogP contribution in [-0.2, 0) is 16.1 Å². The van der Waals surface area contributed by atoms with Crippen LogP contribution in [0.4, 0.5) is 0 Å². The number of benzene rings is 2. The molecule has 0 radical (unpaired) electrons. The van der Waals surface area contributed by atoms with Gasteiger partial charge in [0.25, 0.3) is 5.91 Å². The Labute approximate surface area is 195 Å². The maximum atomic E-state index is 13.2. The largest absolute Gasteiger partial charge is 0.497 e. The van der Waals surface area contributed by atoms with Gasteiger partial charge < -0.3 is 19.7 Å². The van der Waals surface area contributed by atoms with Gasteiger partial charge in [-0.05, 0) is 68.1 Å². The van der Waals surface area contributed by atoms with Crippen molar-refractivity contribution in [2.75, 3.05) is 13.7 Å². The Hall–Kier alpha value is -2.73. The molecule has 0 heterocycles. The molecule has 2 aromatic rings. The van der Waals surface area contributed by atoms with Gasteiger partial charge in [0.2, 0.25) is 5.91 Å². The summed E-state index contributed by atoms with van der Waals surface area (Å²) in [5.74, 6) is 0.863. The molecular weight excluding hydrogens is 428 g/mol. The van der Waals surface area contributed by atoms with Crippen molar-refractivity contribution in [2.45, 2.75) is 59.2 Å². The molecule has 2 atom stereocenters. The number of ether oxygens (including phenoxy) is 2. The molecule has 0 aliphatic carbocycles. The average molecular weight is 461 g/mol. The van der Waals surface area contributed by atoms with E-state index in [1.807, 2.05) is 52.0 Å². The van der Waals surface area contributed by atoms with Crippen LogP contribution in [0.2, 0.25) is 5.02 Å². The number of carbonyl (C=O) groups is 2. The molecule has 0 aliphatic heterocycles. The van der Waals surface area contributed by atoms with Crippen LogP contribution in [-0.4, -0.2) is 42.5 Å². The van der Waals surface area contributed by atoms with Crippen LogP contribution in [0.15, 0.2) is 42.5 Å². The van der Waals surface area contributed by atoms with Crippen LogP contribution in [0.25, 0.3) is 0 Å². The van der Waals surface area contributed by atoms with Crippen molar-refractivity contribution in [2.24, 2.45) is 0 Å². The van der Waals surface area contributed by atoms with Crippen LogP contribution in [0, 0.1) is 6.92 Å². The summed E-state index contributed by atoms with van der Waals surface area (Å²) in [5, 5.41) is 3.64. The number of nitrogens with zero attached hydrogens (tertiary/aromatic N) is 1. The van der Waals surface area contributed by atoms with Gasteiger partial charge in [-0.2, -0.15) is 0 Å². The van der Waals surface area contributed by atoms with E-state index >= 15 is 0 Å². The van der Waals surface area contributed by atoms with E-state index in [1.54, 1.807) is 30.2 Å². The third-order valence-corrected chi connectivity index (χ3v) is 5.81. The van der Waals surface area contributed by atoms with Gasteiger partial charge in [-0.15, -0.1) is 0 Å². The van der Waals surface area contributed by atoms with E-state index in [0.717, 1.165) is 23.3 Å². The lowest BCUT2D eigenvalue weighted by atomic mass is 10.1. The van der Waals surface area contributed by atoms with E-state index in [0.29, 0.717) is 17.2 Å². The molecule has 32 heavy (non-hydrogen) atoms. The van der Waals surface area contributed by atoms with E-state index in [1.165, 1.54) is 0 Å². The highest BCUT2D eigenvalue weighted by Gasteiger charge is 2.29. The van der Waals surface area contributed by atoms with E-state index in [-0.39, 0.29) is 31.0 Å². The molecule has 2 rings (SSSR count). The zero-order valence-corrected chi connectivity index (χ0v) is 20.2. The molecule has 2 amide bonds. The highest BCUT2D eigenvalue weighted by atomic mass is 35.5. The molecule has 0 bridgehead atoms. The molecule has 0 aromatic heterocycles. The lowest BCUT2D eigenvalue weighted by molar-refractivity contribution is -0.143. The fourth-order valence-corrected chi connectivity index (χ4v) is 3.34. The minimum Gasteiger partial charge on any atom is -0.497 e. The van der Waals surface area contributed by atoms with Gasteiger partial charge in [0.1, 0.15) is 17.5 Å². The number of carbonyl (C=O) groups excluding carboxylic acids is 2. The second-order valence-electron chi connectivity index (χ2n) is 7.81. The quantitative estimate of drug-likeness (QED) is 0.525. The fourth-order valence-electron chi connectivity index (χ4n) is 3.22. The molecule has 0 aliphatic rings. The average Bonchev–Trinajstić information content (AvgIpc) is 2.79. The topological polar surface area (TPSA) is 67.9 Å². The highest BCUT2D eigenvalue weighted by molar-refractivity contribution is 6.31.